The average Bonchev–Trinajstić information content (AvgIpc) is 3.64. The number of hydrogen-bond acceptors (Lipinski definition) is 7. The van der Waals surface area contributed by atoms with Gasteiger partial charge in [0, 0.05) is 41.8 Å². The Balaban J connectivity index is 0.000000760. The molecule has 0 fully saturated rings. The van der Waals surface area contributed by atoms with Crippen molar-refractivity contribution in [1.82, 2.24) is 0 Å². The van der Waals surface area contributed by atoms with Gasteiger partial charge in [0.1, 0.15) is 18.1 Å². The van der Waals surface area contributed by atoms with Crippen molar-refractivity contribution in [3.8, 4) is 5.75 Å². The van der Waals surface area contributed by atoms with Gasteiger partial charge in [-0.05, 0) is 136 Å². The number of aliphatic hydroxyl groups is 1. The highest BCUT2D eigenvalue weighted by Gasteiger charge is 2.45. The second-order valence-corrected chi connectivity index (χ2v) is 17.4. The number of halogens is 1. The first-order chi connectivity index (χ1) is 28.5. The number of carbonyl (C=O) groups excluding carboxylic acids is 1. The third kappa shape index (κ3) is 10.1. The third-order valence-corrected chi connectivity index (χ3v) is 12.6. The van der Waals surface area contributed by atoms with Gasteiger partial charge in [0.15, 0.2) is 5.71 Å². The summed E-state index contributed by atoms with van der Waals surface area (Å²) in [5, 5.41) is 12.6. The Kier molecular flexibility index (Phi) is 16.6. The van der Waals surface area contributed by atoms with Crippen LogP contribution in [-0.2, 0) is 20.4 Å². The van der Waals surface area contributed by atoms with E-state index in [1.54, 1.807) is 0 Å². The SMILES string of the molecule is CCOC(=O)C1CC(/C=C/C2=[N+](CCCCS)c3ccc4ccccc4c3C2(C)C)=C(Cl)C(=C/C=C2/Oc3ccc4ccccc4c3C2(C)C)/C1.CO.NCCCCS. The Hall–Kier alpha value is -3.79. The van der Waals surface area contributed by atoms with Crippen molar-refractivity contribution in [1.29, 1.82) is 0 Å². The van der Waals surface area contributed by atoms with Gasteiger partial charge in [-0.2, -0.15) is 29.8 Å². The smallest absolute Gasteiger partial charge is 0.309 e. The molecule has 0 amide bonds. The van der Waals surface area contributed by atoms with Gasteiger partial charge >= 0.3 is 5.97 Å². The summed E-state index contributed by atoms with van der Waals surface area (Å²) in [4.78, 5) is 13.3. The summed E-state index contributed by atoms with van der Waals surface area (Å²) in [5.41, 5.74) is 11.4. The topological polar surface area (TPSA) is 84.8 Å². The van der Waals surface area contributed by atoms with Crippen molar-refractivity contribution in [3.63, 3.8) is 0 Å². The monoisotopic (exact) mass is 853 g/mol. The van der Waals surface area contributed by atoms with Crippen LogP contribution in [0.25, 0.3) is 21.5 Å². The number of allylic oxidation sites excluding steroid dienone is 8. The zero-order chi connectivity index (χ0) is 42.7. The molecule has 1 atom stereocenters. The maximum Gasteiger partial charge on any atom is 0.309 e. The number of unbranched alkanes of at least 4 members (excludes halogenated alkanes) is 2. The molecule has 314 valence electrons. The number of fused-ring (bicyclic) bond motifs is 6. The van der Waals surface area contributed by atoms with Gasteiger partial charge in [0.2, 0.25) is 5.69 Å². The molecule has 4 aromatic carbocycles. The summed E-state index contributed by atoms with van der Waals surface area (Å²) in [6.45, 7) is 12.9. The average molecular weight is 855 g/mol. The van der Waals surface area contributed by atoms with E-state index in [1.165, 1.54) is 44.1 Å². The lowest BCUT2D eigenvalue weighted by Crippen LogP contribution is -2.28. The van der Waals surface area contributed by atoms with Crippen LogP contribution in [0.3, 0.4) is 0 Å². The molecule has 6 nitrogen and oxygen atoms in total. The van der Waals surface area contributed by atoms with Crippen LogP contribution in [0.2, 0.25) is 0 Å². The van der Waals surface area contributed by atoms with Crippen LogP contribution < -0.4 is 10.5 Å². The Bertz CT molecular complexity index is 2280. The van der Waals surface area contributed by atoms with Gasteiger partial charge in [0.05, 0.1) is 23.4 Å². The molecule has 2 heterocycles. The standard InChI is InChI=1S/C45H46ClNO3S.C4H11NS.CH4O/c1-6-49-43(48)33-27-31(19-23-38-44(2,3)40-34-15-9-7-13-29(34)17-21-36(40)47(38)25-11-12-26-51)42(46)32(28-33)20-24-39-45(4,5)41-35-16-10-8-14-30(35)18-22-37(41)50-39;5-3-1-2-4-6;1-2/h7-10,13-24,33H,6,11-12,25-28H2,1-5H3;6H,1-5H2;2H,1H3/p+1/b23-19+,32-20+,39-24+;;. The number of esters is 1. The molecule has 2 aliphatic heterocycles. The van der Waals surface area contributed by atoms with E-state index in [-0.39, 0.29) is 22.7 Å². The normalized spacial score (nSPS) is 19.1. The summed E-state index contributed by atoms with van der Waals surface area (Å²) < 4.78 is 14.5. The van der Waals surface area contributed by atoms with E-state index in [0.29, 0.717) is 24.5 Å². The summed E-state index contributed by atoms with van der Waals surface area (Å²) in [5.74, 6) is 3.04. The fraction of sp³-hybridized carbons (Fsp3) is 0.400. The van der Waals surface area contributed by atoms with Crippen LogP contribution in [0.15, 0.2) is 119 Å². The van der Waals surface area contributed by atoms with E-state index >= 15 is 0 Å². The molecule has 0 saturated carbocycles. The van der Waals surface area contributed by atoms with Crippen molar-refractivity contribution in [2.45, 2.75) is 84.0 Å². The van der Waals surface area contributed by atoms with Gasteiger partial charge in [-0.3, -0.25) is 4.79 Å². The van der Waals surface area contributed by atoms with Gasteiger partial charge in [0.25, 0.3) is 0 Å². The van der Waals surface area contributed by atoms with Gasteiger partial charge in [-0.15, -0.1) is 0 Å². The minimum Gasteiger partial charge on any atom is -0.466 e. The van der Waals surface area contributed by atoms with Crippen LogP contribution >= 0.6 is 36.9 Å². The molecule has 4 aromatic rings. The lowest BCUT2D eigenvalue weighted by molar-refractivity contribution is -0.438. The fourth-order valence-corrected chi connectivity index (χ4v) is 9.29. The van der Waals surface area contributed by atoms with E-state index in [0.717, 1.165) is 80.0 Å². The zero-order valence-electron chi connectivity index (χ0n) is 35.6. The molecule has 7 rings (SSSR count). The van der Waals surface area contributed by atoms with Crippen LogP contribution in [0.5, 0.6) is 5.75 Å². The fourth-order valence-electron chi connectivity index (χ4n) is 8.56. The number of rotatable bonds is 12. The van der Waals surface area contributed by atoms with Crippen molar-refractivity contribution >= 4 is 75.8 Å². The summed E-state index contributed by atoms with van der Waals surface area (Å²) in [6, 6.07) is 25.8. The van der Waals surface area contributed by atoms with Crippen molar-refractivity contribution in [2.24, 2.45) is 11.7 Å². The van der Waals surface area contributed by atoms with Crippen LogP contribution in [0.4, 0.5) is 5.69 Å². The molecular formula is C50H62ClN2O4S2+. The molecule has 1 aliphatic carbocycles. The molecule has 0 aromatic heterocycles. The minimum absolute atomic E-state index is 0.191. The van der Waals surface area contributed by atoms with Crippen LogP contribution in [0.1, 0.15) is 84.3 Å². The number of nitrogens with zero attached hydrogens (tertiary/aromatic N) is 1. The molecule has 0 radical (unpaired) electrons. The Morgan fingerprint density at radius 2 is 1.47 bits per heavy atom. The molecule has 0 spiro atoms. The first-order valence-corrected chi connectivity index (χ1v) is 22.5. The largest absolute Gasteiger partial charge is 0.466 e. The highest BCUT2D eigenvalue weighted by Crippen LogP contribution is 2.49. The number of nitrogens with two attached hydrogens (primary N) is 1. The first-order valence-electron chi connectivity index (χ1n) is 20.9. The number of aliphatic hydroxyl groups excluding tert-OH is 1. The van der Waals surface area contributed by atoms with E-state index < -0.39 is 0 Å². The molecule has 59 heavy (non-hydrogen) atoms. The van der Waals surface area contributed by atoms with E-state index in [2.05, 4.69) is 142 Å². The number of benzene rings is 4. The summed E-state index contributed by atoms with van der Waals surface area (Å²) >= 11 is 15.8. The molecule has 1 unspecified atom stereocenters. The molecule has 0 bridgehead atoms. The third-order valence-electron chi connectivity index (χ3n) is 11.5. The van der Waals surface area contributed by atoms with E-state index in [1.807, 2.05) is 19.1 Å². The number of thiol groups is 2. The van der Waals surface area contributed by atoms with E-state index in [9.17, 15) is 4.79 Å². The van der Waals surface area contributed by atoms with Crippen molar-refractivity contribution in [3.05, 3.63) is 130 Å². The summed E-state index contributed by atoms with van der Waals surface area (Å²) in [7, 11) is 1.00. The Morgan fingerprint density at radius 1 is 0.847 bits per heavy atom. The minimum atomic E-state index is -0.346. The molecule has 3 aliphatic rings. The zero-order valence-corrected chi connectivity index (χ0v) is 38.1. The highest BCUT2D eigenvalue weighted by atomic mass is 35.5. The van der Waals surface area contributed by atoms with Gasteiger partial charge in [-0.25, -0.2) is 0 Å². The number of ether oxygens (including phenoxy) is 2. The molecule has 0 saturated heterocycles. The molecular weight excluding hydrogens is 792 g/mol. The van der Waals surface area contributed by atoms with Crippen LogP contribution in [-0.4, -0.2) is 59.7 Å². The van der Waals surface area contributed by atoms with Gasteiger partial charge in [-0.1, -0.05) is 78.4 Å². The quantitative estimate of drug-likeness (QED) is 0.0494. The summed E-state index contributed by atoms with van der Waals surface area (Å²) in [6.07, 6.45) is 13.8. The van der Waals surface area contributed by atoms with Crippen molar-refractivity contribution in [2.75, 3.05) is 38.3 Å². The van der Waals surface area contributed by atoms with E-state index in [4.69, 9.17) is 31.9 Å². The first kappa shape index (κ1) is 46.3. The van der Waals surface area contributed by atoms with Crippen molar-refractivity contribution < 1.29 is 24.0 Å². The Labute approximate surface area is 367 Å². The van der Waals surface area contributed by atoms with Gasteiger partial charge < -0.3 is 20.3 Å². The second-order valence-electron chi connectivity index (χ2n) is 16.1. The Morgan fingerprint density at radius 3 is 2.10 bits per heavy atom. The number of carbonyl (C=O) groups is 1. The maximum atomic E-state index is 13.3. The molecule has 3 N–H and O–H groups in total. The molecule has 9 heteroatoms. The predicted molar refractivity (Wildman–Crippen MR) is 255 cm³/mol. The lowest BCUT2D eigenvalue weighted by Gasteiger charge is -2.25. The second kappa shape index (κ2) is 21.1. The lowest BCUT2D eigenvalue weighted by atomic mass is 9.78. The van der Waals surface area contributed by atoms with Crippen LogP contribution in [0, 0.1) is 5.92 Å². The predicted octanol–water partition coefficient (Wildman–Crippen LogP) is 11.5. The number of hydrogen-bond donors (Lipinski definition) is 4. The maximum absolute atomic E-state index is 13.3. The highest BCUT2D eigenvalue weighted by molar-refractivity contribution is 7.80.